The number of rotatable bonds is 5. The number of nitrogens with one attached hydrogen (secondary N) is 2. The third kappa shape index (κ3) is 3.77. The summed E-state index contributed by atoms with van der Waals surface area (Å²) in [6.07, 6.45) is 1.77. The van der Waals surface area contributed by atoms with E-state index in [0.717, 1.165) is 18.4 Å². The minimum absolute atomic E-state index is 0.0506. The largest absolute Gasteiger partial charge is 0.347 e. The lowest BCUT2D eigenvalue weighted by molar-refractivity contribution is -0.124. The van der Waals surface area contributed by atoms with Crippen LogP contribution in [0, 0.1) is 11.7 Å². The van der Waals surface area contributed by atoms with Crippen molar-refractivity contribution < 1.29 is 14.0 Å². The molecule has 2 amide bonds. The SMILES string of the molecule is CC(C)C(NC(=O)c1ccccc1F)C(=O)NC1CCc2ccccc21. The number of hydrogen-bond acceptors (Lipinski definition) is 2. The van der Waals surface area contributed by atoms with E-state index in [-0.39, 0.29) is 23.4 Å². The average molecular weight is 354 g/mol. The lowest BCUT2D eigenvalue weighted by Gasteiger charge is -2.24. The molecule has 2 atom stereocenters. The molecule has 0 fully saturated rings. The van der Waals surface area contributed by atoms with Gasteiger partial charge in [0.05, 0.1) is 11.6 Å². The van der Waals surface area contributed by atoms with Gasteiger partial charge in [0.15, 0.2) is 0 Å². The molecule has 136 valence electrons. The number of hydrogen-bond donors (Lipinski definition) is 2. The summed E-state index contributed by atoms with van der Waals surface area (Å²) < 4.78 is 13.8. The van der Waals surface area contributed by atoms with E-state index < -0.39 is 17.8 Å². The standard InChI is InChI=1S/C21H23FN2O2/c1-13(2)19(24-20(25)16-9-5-6-10-17(16)22)21(26)23-18-12-11-14-7-3-4-8-15(14)18/h3-10,13,18-19H,11-12H2,1-2H3,(H,23,26)(H,24,25). The Balaban J connectivity index is 1.71. The van der Waals surface area contributed by atoms with E-state index in [1.165, 1.54) is 23.8 Å². The molecule has 0 saturated heterocycles. The van der Waals surface area contributed by atoms with Crippen LogP contribution in [0.5, 0.6) is 0 Å². The Morgan fingerprint density at radius 1 is 1.08 bits per heavy atom. The van der Waals surface area contributed by atoms with Crippen LogP contribution in [0.2, 0.25) is 0 Å². The first-order valence-electron chi connectivity index (χ1n) is 8.91. The quantitative estimate of drug-likeness (QED) is 0.865. The number of benzene rings is 2. The molecule has 2 N–H and O–H groups in total. The Labute approximate surface area is 152 Å². The van der Waals surface area contributed by atoms with Crippen LogP contribution in [0.1, 0.15) is 47.8 Å². The molecular formula is C21H23FN2O2. The molecule has 0 heterocycles. The predicted octanol–water partition coefficient (Wildman–Crippen LogP) is 3.38. The van der Waals surface area contributed by atoms with Crippen molar-refractivity contribution in [2.45, 2.75) is 38.8 Å². The molecule has 2 unspecified atom stereocenters. The van der Waals surface area contributed by atoms with E-state index >= 15 is 0 Å². The van der Waals surface area contributed by atoms with Crippen LogP contribution in [0.4, 0.5) is 4.39 Å². The van der Waals surface area contributed by atoms with Gasteiger partial charge in [0, 0.05) is 0 Å². The van der Waals surface area contributed by atoms with Gasteiger partial charge in [0.25, 0.3) is 5.91 Å². The van der Waals surface area contributed by atoms with Gasteiger partial charge in [-0.2, -0.15) is 0 Å². The summed E-state index contributed by atoms with van der Waals surface area (Å²) >= 11 is 0. The van der Waals surface area contributed by atoms with E-state index in [0.29, 0.717) is 0 Å². The zero-order chi connectivity index (χ0) is 18.7. The number of halogens is 1. The van der Waals surface area contributed by atoms with Crippen LogP contribution in [-0.2, 0) is 11.2 Å². The molecule has 0 bridgehead atoms. The Morgan fingerprint density at radius 2 is 1.77 bits per heavy atom. The molecule has 2 aromatic carbocycles. The van der Waals surface area contributed by atoms with Crippen LogP contribution < -0.4 is 10.6 Å². The van der Waals surface area contributed by atoms with Gasteiger partial charge in [-0.05, 0) is 42.0 Å². The van der Waals surface area contributed by atoms with Crippen LogP contribution in [0.25, 0.3) is 0 Å². The van der Waals surface area contributed by atoms with Crippen LogP contribution in [-0.4, -0.2) is 17.9 Å². The van der Waals surface area contributed by atoms with E-state index in [1.54, 1.807) is 6.07 Å². The Kier molecular flexibility index (Phi) is 5.35. The smallest absolute Gasteiger partial charge is 0.254 e. The first-order chi connectivity index (χ1) is 12.5. The molecule has 4 nitrogen and oxygen atoms in total. The highest BCUT2D eigenvalue weighted by atomic mass is 19.1. The first-order valence-corrected chi connectivity index (χ1v) is 8.91. The molecule has 0 aliphatic heterocycles. The maximum absolute atomic E-state index is 13.8. The first kappa shape index (κ1) is 18.1. The maximum atomic E-state index is 13.8. The second-order valence-corrected chi connectivity index (χ2v) is 6.97. The second kappa shape index (κ2) is 7.68. The molecular weight excluding hydrogens is 331 g/mol. The highest BCUT2D eigenvalue weighted by Gasteiger charge is 2.30. The zero-order valence-electron chi connectivity index (χ0n) is 15.0. The van der Waals surface area contributed by atoms with Crippen molar-refractivity contribution in [1.82, 2.24) is 10.6 Å². The van der Waals surface area contributed by atoms with Crippen molar-refractivity contribution in [3.63, 3.8) is 0 Å². The van der Waals surface area contributed by atoms with Crippen molar-refractivity contribution in [3.05, 3.63) is 71.0 Å². The van der Waals surface area contributed by atoms with Crippen molar-refractivity contribution in [2.24, 2.45) is 5.92 Å². The van der Waals surface area contributed by atoms with Gasteiger partial charge in [-0.3, -0.25) is 9.59 Å². The molecule has 2 aromatic rings. The fourth-order valence-corrected chi connectivity index (χ4v) is 3.37. The number of aryl methyl sites for hydroxylation is 1. The summed E-state index contributed by atoms with van der Waals surface area (Å²) in [6, 6.07) is 13.0. The van der Waals surface area contributed by atoms with Gasteiger partial charge in [-0.15, -0.1) is 0 Å². The number of fused-ring (bicyclic) bond motifs is 1. The van der Waals surface area contributed by atoms with Crippen LogP contribution in [0.3, 0.4) is 0 Å². The van der Waals surface area contributed by atoms with Gasteiger partial charge in [0.2, 0.25) is 5.91 Å². The third-order valence-corrected chi connectivity index (χ3v) is 4.80. The Hall–Kier alpha value is -2.69. The van der Waals surface area contributed by atoms with Gasteiger partial charge in [-0.25, -0.2) is 4.39 Å². The predicted molar refractivity (Wildman–Crippen MR) is 98.1 cm³/mol. The van der Waals surface area contributed by atoms with Gasteiger partial charge in [-0.1, -0.05) is 50.2 Å². The summed E-state index contributed by atoms with van der Waals surface area (Å²) in [5.41, 5.74) is 2.32. The number of carbonyl (C=O) groups is 2. The Morgan fingerprint density at radius 3 is 2.50 bits per heavy atom. The fourth-order valence-electron chi connectivity index (χ4n) is 3.37. The average Bonchev–Trinajstić information content (AvgIpc) is 3.02. The molecule has 0 spiro atoms. The van der Waals surface area contributed by atoms with Crippen molar-refractivity contribution in [2.75, 3.05) is 0 Å². The summed E-state index contributed by atoms with van der Waals surface area (Å²) in [5.74, 6) is -1.55. The highest BCUT2D eigenvalue weighted by Crippen LogP contribution is 2.30. The molecule has 26 heavy (non-hydrogen) atoms. The Bertz CT molecular complexity index is 819. The van der Waals surface area contributed by atoms with Crippen molar-refractivity contribution in [1.29, 1.82) is 0 Å². The lowest BCUT2D eigenvalue weighted by Crippen LogP contribution is -2.50. The van der Waals surface area contributed by atoms with E-state index in [4.69, 9.17) is 0 Å². The number of amides is 2. The maximum Gasteiger partial charge on any atom is 0.254 e. The highest BCUT2D eigenvalue weighted by molar-refractivity contribution is 5.97. The molecule has 5 heteroatoms. The van der Waals surface area contributed by atoms with Gasteiger partial charge < -0.3 is 10.6 Å². The normalized spacial score (nSPS) is 16.8. The van der Waals surface area contributed by atoms with E-state index in [1.807, 2.05) is 32.0 Å². The van der Waals surface area contributed by atoms with Gasteiger partial charge in [0.1, 0.15) is 11.9 Å². The number of carbonyl (C=O) groups excluding carboxylic acids is 2. The van der Waals surface area contributed by atoms with Gasteiger partial charge >= 0.3 is 0 Å². The molecule has 3 rings (SSSR count). The minimum Gasteiger partial charge on any atom is -0.347 e. The van der Waals surface area contributed by atoms with E-state index in [9.17, 15) is 14.0 Å². The summed E-state index contributed by atoms with van der Waals surface area (Å²) in [7, 11) is 0. The molecule has 0 aromatic heterocycles. The summed E-state index contributed by atoms with van der Waals surface area (Å²) in [5, 5.41) is 5.72. The second-order valence-electron chi connectivity index (χ2n) is 6.97. The topological polar surface area (TPSA) is 58.2 Å². The van der Waals surface area contributed by atoms with Crippen molar-refractivity contribution in [3.8, 4) is 0 Å². The summed E-state index contributed by atoms with van der Waals surface area (Å²) in [6.45, 7) is 3.71. The van der Waals surface area contributed by atoms with E-state index in [2.05, 4.69) is 16.7 Å². The molecule has 1 aliphatic carbocycles. The van der Waals surface area contributed by atoms with Crippen LogP contribution >= 0.6 is 0 Å². The molecule has 0 radical (unpaired) electrons. The van der Waals surface area contributed by atoms with Crippen LogP contribution in [0.15, 0.2) is 48.5 Å². The summed E-state index contributed by atoms with van der Waals surface area (Å²) in [4.78, 5) is 25.2. The molecule has 1 aliphatic rings. The third-order valence-electron chi connectivity index (χ3n) is 4.80. The lowest BCUT2D eigenvalue weighted by atomic mass is 10.0. The monoisotopic (exact) mass is 354 g/mol. The minimum atomic E-state index is -0.727. The molecule has 0 saturated carbocycles. The fraction of sp³-hybridized carbons (Fsp3) is 0.333. The zero-order valence-corrected chi connectivity index (χ0v) is 15.0. The van der Waals surface area contributed by atoms with Crippen molar-refractivity contribution >= 4 is 11.8 Å².